The number of carbonyl (C=O) groups excluding carboxylic acids is 1. The number of aryl methyl sites for hydroxylation is 1. The van der Waals surface area contributed by atoms with Crippen LogP contribution < -0.4 is 5.56 Å². The zero-order valence-corrected chi connectivity index (χ0v) is 14.4. The van der Waals surface area contributed by atoms with Crippen LogP contribution in [0.3, 0.4) is 0 Å². The number of benzene rings is 1. The number of amides is 1. The molecule has 6 heteroatoms. The summed E-state index contributed by atoms with van der Waals surface area (Å²) >= 11 is 0. The van der Waals surface area contributed by atoms with Crippen molar-refractivity contribution in [1.82, 2.24) is 19.4 Å². The Kier molecular flexibility index (Phi) is 4.08. The summed E-state index contributed by atoms with van der Waals surface area (Å²) in [5, 5.41) is 0.603. The van der Waals surface area contributed by atoms with Crippen molar-refractivity contribution in [3.05, 3.63) is 76.6 Å². The Hall–Kier alpha value is -3.28. The van der Waals surface area contributed by atoms with E-state index in [1.165, 1.54) is 0 Å². The zero-order valence-electron chi connectivity index (χ0n) is 14.4. The Morgan fingerprint density at radius 2 is 1.92 bits per heavy atom. The first-order valence-electron chi connectivity index (χ1n) is 8.53. The Morgan fingerprint density at radius 1 is 1.12 bits per heavy atom. The summed E-state index contributed by atoms with van der Waals surface area (Å²) in [6, 6.07) is 12.8. The Labute approximate surface area is 150 Å². The van der Waals surface area contributed by atoms with Crippen LogP contribution in [0.4, 0.5) is 0 Å². The van der Waals surface area contributed by atoms with E-state index in [0.717, 1.165) is 11.2 Å². The van der Waals surface area contributed by atoms with E-state index in [9.17, 15) is 9.59 Å². The van der Waals surface area contributed by atoms with Gasteiger partial charge in [-0.15, -0.1) is 0 Å². The maximum Gasteiger partial charge on any atom is 0.280 e. The second kappa shape index (κ2) is 6.55. The first-order chi connectivity index (χ1) is 12.6. The zero-order chi connectivity index (χ0) is 18.1. The number of fused-ring (bicyclic) bond motifs is 1. The summed E-state index contributed by atoms with van der Waals surface area (Å²) in [6.07, 6.45) is 4.34. The minimum Gasteiger partial charge on any atom is -0.333 e. The molecular weight excluding hydrogens is 328 g/mol. The fourth-order valence-corrected chi connectivity index (χ4v) is 3.34. The lowest BCUT2D eigenvalue weighted by atomic mass is 10.1. The number of aromatic nitrogens is 3. The van der Waals surface area contributed by atoms with Crippen molar-refractivity contribution in [2.45, 2.75) is 13.3 Å². The third-order valence-corrected chi connectivity index (χ3v) is 4.61. The van der Waals surface area contributed by atoms with Crippen molar-refractivity contribution in [2.75, 3.05) is 13.1 Å². The van der Waals surface area contributed by atoms with Gasteiger partial charge in [0.05, 0.1) is 10.9 Å². The first-order valence-corrected chi connectivity index (χ1v) is 8.53. The number of hydrogen-bond donors (Lipinski definition) is 0. The van der Waals surface area contributed by atoms with E-state index in [4.69, 9.17) is 0 Å². The largest absolute Gasteiger partial charge is 0.333 e. The van der Waals surface area contributed by atoms with Gasteiger partial charge in [-0.05, 0) is 37.3 Å². The summed E-state index contributed by atoms with van der Waals surface area (Å²) in [4.78, 5) is 34.7. The SMILES string of the molecule is Cc1nc(=O)c2ccccc2n1C1=CCN(C(=O)c2ccccn2)CC1. The van der Waals surface area contributed by atoms with Crippen LogP contribution in [0.2, 0.25) is 0 Å². The molecule has 2 aromatic heterocycles. The lowest BCUT2D eigenvalue weighted by Crippen LogP contribution is -2.36. The topological polar surface area (TPSA) is 68.1 Å². The quantitative estimate of drug-likeness (QED) is 0.715. The van der Waals surface area contributed by atoms with Crippen LogP contribution >= 0.6 is 0 Å². The second-order valence-electron chi connectivity index (χ2n) is 6.23. The number of rotatable bonds is 2. The van der Waals surface area contributed by atoms with E-state index in [1.54, 1.807) is 29.3 Å². The van der Waals surface area contributed by atoms with Gasteiger partial charge in [-0.3, -0.25) is 14.6 Å². The molecule has 0 atom stereocenters. The summed E-state index contributed by atoms with van der Waals surface area (Å²) < 4.78 is 2.01. The van der Waals surface area contributed by atoms with E-state index in [1.807, 2.05) is 41.8 Å². The molecule has 0 fully saturated rings. The molecule has 0 saturated heterocycles. The summed E-state index contributed by atoms with van der Waals surface area (Å²) in [5.74, 6) is 0.588. The van der Waals surface area contributed by atoms with E-state index in [0.29, 0.717) is 36.4 Å². The molecule has 0 N–H and O–H groups in total. The third-order valence-electron chi connectivity index (χ3n) is 4.61. The van der Waals surface area contributed by atoms with Gasteiger partial charge >= 0.3 is 0 Å². The maximum absolute atomic E-state index is 12.5. The highest BCUT2D eigenvalue weighted by molar-refractivity contribution is 5.92. The van der Waals surface area contributed by atoms with Gasteiger partial charge in [0.25, 0.3) is 11.5 Å². The van der Waals surface area contributed by atoms with Crippen molar-refractivity contribution in [2.24, 2.45) is 0 Å². The monoisotopic (exact) mass is 346 g/mol. The van der Waals surface area contributed by atoms with E-state index < -0.39 is 0 Å². The van der Waals surface area contributed by atoms with E-state index >= 15 is 0 Å². The molecule has 3 heterocycles. The van der Waals surface area contributed by atoms with Crippen molar-refractivity contribution < 1.29 is 4.79 Å². The lowest BCUT2D eigenvalue weighted by molar-refractivity contribution is 0.0766. The number of nitrogens with zero attached hydrogens (tertiary/aromatic N) is 4. The van der Waals surface area contributed by atoms with Gasteiger partial charge in [0, 0.05) is 31.4 Å². The van der Waals surface area contributed by atoms with Crippen LogP contribution in [0.5, 0.6) is 0 Å². The van der Waals surface area contributed by atoms with Gasteiger partial charge in [-0.1, -0.05) is 18.2 Å². The predicted octanol–water partition coefficient (Wildman–Crippen LogP) is 2.49. The van der Waals surface area contributed by atoms with Gasteiger partial charge in [-0.25, -0.2) is 0 Å². The normalized spacial score (nSPS) is 14.3. The van der Waals surface area contributed by atoms with Crippen molar-refractivity contribution in [1.29, 1.82) is 0 Å². The molecule has 6 nitrogen and oxygen atoms in total. The first kappa shape index (κ1) is 16.2. The van der Waals surface area contributed by atoms with Crippen molar-refractivity contribution in [3.8, 4) is 0 Å². The molecule has 3 aromatic rings. The molecule has 26 heavy (non-hydrogen) atoms. The molecule has 0 saturated carbocycles. The Balaban J connectivity index is 1.67. The molecule has 0 bridgehead atoms. The molecule has 130 valence electrons. The minimum atomic E-state index is -0.210. The Morgan fingerprint density at radius 3 is 2.65 bits per heavy atom. The van der Waals surface area contributed by atoms with Crippen LogP contribution in [0.15, 0.2) is 59.5 Å². The van der Waals surface area contributed by atoms with E-state index in [2.05, 4.69) is 9.97 Å². The second-order valence-corrected chi connectivity index (χ2v) is 6.23. The highest BCUT2D eigenvalue weighted by Crippen LogP contribution is 2.22. The minimum absolute atomic E-state index is 0.0690. The summed E-state index contributed by atoms with van der Waals surface area (Å²) in [6.45, 7) is 2.94. The molecule has 0 radical (unpaired) electrons. The van der Waals surface area contributed by atoms with Gasteiger partial charge in [0.1, 0.15) is 11.5 Å². The molecule has 4 rings (SSSR count). The third kappa shape index (κ3) is 2.79. The summed E-state index contributed by atoms with van der Waals surface area (Å²) in [7, 11) is 0. The Bertz CT molecular complexity index is 1070. The maximum atomic E-state index is 12.5. The van der Waals surface area contributed by atoms with Crippen molar-refractivity contribution >= 4 is 22.5 Å². The van der Waals surface area contributed by atoms with E-state index in [-0.39, 0.29) is 11.5 Å². The average molecular weight is 346 g/mol. The van der Waals surface area contributed by atoms with Crippen LogP contribution in [0, 0.1) is 6.92 Å². The van der Waals surface area contributed by atoms with Gasteiger partial charge in [0.15, 0.2) is 0 Å². The fraction of sp³-hybridized carbons (Fsp3) is 0.200. The molecule has 0 aliphatic carbocycles. The van der Waals surface area contributed by atoms with Gasteiger partial charge in [0.2, 0.25) is 0 Å². The molecule has 0 unspecified atom stereocenters. The molecule has 1 aliphatic heterocycles. The number of carbonyl (C=O) groups is 1. The summed E-state index contributed by atoms with van der Waals surface area (Å²) in [5.41, 5.74) is 2.14. The molecular formula is C20H18N4O2. The predicted molar refractivity (Wildman–Crippen MR) is 99.8 cm³/mol. The molecule has 1 amide bonds. The number of pyridine rings is 1. The van der Waals surface area contributed by atoms with Crippen LogP contribution in [-0.2, 0) is 0 Å². The van der Waals surface area contributed by atoms with Crippen molar-refractivity contribution in [3.63, 3.8) is 0 Å². The number of para-hydroxylation sites is 1. The smallest absolute Gasteiger partial charge is 0.280 e. The highest BCUT2D eigenvalue weighted by atomic mass is 16.2. The molecule has 1 aromatic carbocycles. The standard InChI is InChI=1S/C20H18N4O2/c1-14-22-19(25)16-6-2-3-8-18(16)24(14)15-9-12-23(13-10-15)20(26)17-7-4-5-11-21-17/h2-9,11H,10,12-13H2,1H3. The number of hydrogen-bond acceptors (Lipinski definition) is 4. The highest BCUT2D eigenvalue weighted by Gasteiger charge is 2.21. The van der Waals surface area contributed by atoms with Gasteiger partial charge < -0.3 is 9.47 Å². The van der Waals surface area contributed by atoms with Crippen LogP contribution in [0.25, 0.3) is 16.6 Å². The van der Waals surface area contributed by atoms with Gasteiger partial charge in [-0.2, -0.15) is 4.98 Å². The fourth-order valence-electron chi connectivity index (χ4n) is 3.34. The average Bonchev–Trinajstić information content (AvgIpc) is 2.69. The molecule has 0 spiro atoms. The molecule has 1 aliphatic rings. The lowest BCUT2D eigenvalue weighted by Gasteiger charge is -2.28. The van der Waals surface area contributed by atoms with Crippen LogP contribution in [0.1, 0.15) is 22.7 Å². The van der Waals surface area contributed by atoms with Crippen LogP contribution in [-0.4, -0.2) is 38.4 Å².